The molecule has 0 spiro atoms. The van der Waals surface area contributed by atoms with Crippen molar-refractivity contribution in [3.63, 3.8) is 0 Å². The molecule has 0 fully saturated rings. The number of rotatable bonds is 0. The normalized spacial score (nSPS) is 5.14. The second-order valence-electron chi connectivity index (χ2n) is 1.15. The summed E-state index contributed by atoms with van der Waals surface area (Å²) in [6.07, 6.45) is 0. The van der Waals surface area contributed by atoms with Gasteiger partial charge in [-0.3, -0.25) is 0 Å². The maximum atomic E-state index is 8.93. The van der Waals surface area contributed by atoms with Gasteiger partial charge in [-0.25, -0.2) is 0 Å². The second-order valence-corrected chi connectivity index (χ2v) is 1.15. The molecule has 0 aliphatic rings. The number of hydrogen-bond acceptors (Lipinski definition) is 4. The van der Waals surface area contributed by atoms with E-state index in [-0.39, 0.29) is 95.2 Å². The first-order chi connectivity index (χ1) is 5.66. The Hall–Kier alpha value is 2.01. The van der Waals surface area contributed by atoms with Crippen molar-refractivity contribution in [2.24, 2.45) is 0 Å². The molecule has 14 heavy (non-hydrogen) atoms. The fourth-order valence-electron chi connectivity index (χ4n) is 0. The molecule has 0 aliphatic carbocycles. The second kappa shape index (κ2) is 81.6. The summed E-state index contributed by atoms with van der Waals surface area (Å²) in [6.45, 7) is 6.28. The van der Waals surface area contributed by atoms with Gasteiger partial charge in [0.1, 0.15) is 0 Å². The molecule has 80 valence electrons. The summed E-state index contributed by atoms with van der Waals surface area (Å²) < 4.78 is 0. The summed E-state index contributed by atoms with van der Waals surface area (Å²) in [5.41, 5.74) is 0. The topological polar surface area (TPSA) is 92.2 Å². The molecule has 4 nitrogen and oxygen atoms in total. The van der Waals surface area contributed by atoms with E-state index in [1.54, 1.807) is 27.7 Å². The van der Waals surface area contributed by atoms with Crippen molar-refractivity contribution >= 4 is 17.4 Å². The predicted molar refractivity (Wildman–Crippen MR) is 47.9 cm³/mol. The molecule has 0 amide bonds. The van der Waals surface area contributed by atoms with E-state index >= 15 is 0 Å². The third-order valence-electron chi connectivity index (χ3n) is 0. The van der Waals surface area contributed by atoms with Crippen molar-refractivity contribution in [1.29, 1.82) is 0 Å². The Bertz CT molecular complexity index is 29.3. The first-order valence-electron chi connectivity index (χ1n) is 3.98. The van der Waals surface area contributed by atoms with Gasteiger partial charge in [0.25, 0.3) is 0 Å². The smallest absolute Gasteiger partial charge is 0.855 e. The molecule has 0 aromatic rings. The monoisotopic (exact) mass is 246 g/mol. The molecule has 0 saturated carbocycles. The molecule has 0 unspecified atom stereocenters. The molecule has 0 rings (SSSR count). The average Bonchev–Trinajstić information content (AvgIpc) is 1.92. The van der Waals surface area contributed by atoms with Crippen molar-refractivity contribution < 1.29 is 71.8 Å². The largest absolute Gasteiger partial charge is 3.00 e. The Morgan fingerprint density at radius 2 is 0.571 bits per heavy atom. The van der Waals surface area contributed by atoms with Gasteiger partial charge >= 0.3 is 68.7 Å². The Balaban J connectivity index is -0.0000000145. The zero-order chi connectivity index (χ0) is 10.8. The molecule has 0 radical (unpaired) electrons. The molecular formula is C8H20AlKO4. The zero-order valence-corrected chi connectivity index (χ0v) is 14.3. The van der Waals surface area contributed by atoms with Gasteiger partial charge in [0.05, 0.1) is 0 Å². The van der Waals surface area contributed by atoms with Crippen LogP contribution in [0.5, 0.6) is 0 Å². The van der Waals surface area contributed by atoms with Crippen LogP contribution in [0.25, 0.3) is 0 Å². The molecule has 0 aromatic heterocycles. The minimum Gasteiger partial charge on any atom is -0.855 e. The third-order valence-corrected chi connectivity index (χ3v) is 0. The minimum absolute atomic E-state index is 0. The van der Waals surface area contributed by atoms with Crippen LogP contribution in [-0.4, -0.2) is 43.8 Å². The van der Waals surface area contributed by atoms with Crippen molar-refractivity contribution in [1.82, 2.24) is 0 Å². The molecule has 0 atom stereocenters. The summed E-state index contributed by atoms with van der Waals surface area (Å²) in [7, 11) is 0. The third kappa shape index (κ3) is 587. The Morgan fingerprint density at radius 1 is 0.571 bits per heavy atom. The summed E-state index contributed by atoms with van der Waals surface area (Å²) >= 11 is 0. The molecule has 0 N–H and O–H groups in total. The van der Waals surface area contributed by atoms with Crippen molar-refractivity contribution in [2.45, 2.75) is 27.7 Å². The maximum Gasteiger partial charge on any atom is 3.00 e. The van der Waals surface area contributed by atoms with Crippen LogP contribution < -0.4 is 71.8 Å². The summed E-state index contributed by atoms with van der Waals surface area (Å²) in [6, 6.07) is 0. The van der Waals surface area contributed by atoms with E-state index in [2.05, 4.69) is 0 Å². The van der Waals surface area contributed by atoms with E-state index in [1.807, 2.05) is 0 Å². The van der Waals surface area contributed by atoms with E-state index in [4.69, 9.17) is 20.4 Å². The standard InChI is InChI=1S/4C2H5O.Al.K/c4*1-2-3;;/h4*2H2,1H3;;/q4*-1;+3;+1. The van der Waals surface area contributed by atoms with E-state index in [9.17, 15) is 0 Å². The van der Waals surface area contributed by atoms with Crippen molar-refractivity contribution in [2.75, 3.05) is 26.4 Å². The van der Waals surface area contributed by atoms with Crippen LogP contribution in [0.4, 0.5) is 0 Å². The van der Waals surface area contributed by atoms with Gasteiger partial charge < -0.3 is 20.4 Å². The zero-order valence-electron chi connectivity index (χ0n) is 10.0. The van der Waals surface area contributed by atoms with E-state index < -0.39 is 0 Å². The van der Waals surface area contributed by atoms with E-state index in [0.29, 0.717) is 0 Å². The van der Waals surface area contributed by atoms with Crippen LogP contribution in [0.2, 0.25) is 0 Å². The Morgan fingerprint density at radius 3 is 0.571 bits per heavy atom. The van der Waals surface area contributed by atoms with Crippen LogP contribution >= 0.6 is 0 Å². The van der Waals surface area contributed by atoms with Crippen molar-refractivity contribution in [3.05, 3.63) is 0 Å². The number of hydrogen-bond donors (Lipinski definition) is 0. The molecule has 0 bridgehead atoms. The molecule has 0 aromatic carbocycles. The quantitative estimate of drug-likeness (QED) is 0.398. The van der Waals surface area contributed by atoms with Crippen LogP contribution in [-0.2, 0) is 0 Å². The van der Waals surface area contributed by atoms with Crippen molar-refractivity contribution in [3.8, 4) is 0 Å². The van der Waals surface area contributed by atoms with E-state index in [1.165, 1.54) is 0 Å². The van der Waals surface area contributed by atoms with Gasteiger partial charge in [-0.15, -0.1) is 26.4 Å². The SMILES string of the molecule is CC[O-].CC[O-].CC[O-].CC[O-].[Al+3].[K+]. The van der Waals surface area contributed by atoms with E-state index in [0.717, 1.165) is 0 Å². The summed E-state index contributed by atoms with van der Waals surface area (Å²) in [5, 5.41) is 35.7. The summed E-state index contributed by atoms with van der Waals surface area (Å²) in [5.74, 6) is 0. The summed E-state index contributed by atoms with van der Waals surface area (Å²) in [4.78, 5) is 0. The molecule has 6 heteroatoms. The van der Waals surface area contributed by atoms with Gasteiger partial charge in [-0.1, -0.05) is 27.7 Å². The first-order valence-corrected chi connectivity index (χ1v) is 3.98. The molecular weight excluding hydrogens is 226 g/mol. The van der Waals surface area contributed by atoms with Gasteiger partial charge in [0, 0.05) is 0 Å². The van der Waals surface area contributed by atoms with Crippen LogP contribution in [0.1, 0.15) is 27.7 Å². The molecule has 0 heterocycles. The van der Waals surface area contributed by atoms with Gasteiger partial charge in [0.15, 0.2) is 0 Å². The van der Waals surface area contributed by atoms with Crippen LogP contribution in [0.15, 0.2) is 0 Å². The fourth-order valence-corrected chi connectivity index (χ4v) is 0. The first kappa shape index (κ1) is 36.0. The maximum absolute atomic E-state index is 8.93. The molecule has 0 aliphatic heterocycles. The van der Waals surface area contributed by atoms with Crippen LogP contribution in [0.3, 0.4) is 0 Å². The minimum atomic E-state index is 0. The van der Waals surface area contributed by atoms with Gasteiger partial charge in [0.2, 0.25) is 0 Å². The fraction of sp³-hybridized carbons (Fsp3) is 1.00. The molecule has 0 saturated heterocycles. The Labute approximate surface area is 141 Å². The average molecular weight is 246 g/mol. The van der Waals surface area contributed by atoms with Gasteiger partial charge in [-0.05, 0) is 0 Å². The van der Waals surface area contributed by atoms with Crippen LogP contribution in [0, 0.1) is 0 Å². The van der Waals surface area contributed by atoms with Gasteiger partial charge in [-0.2, -0.15) is 0 Å². The predicted octanol–water partition coefficient (Wildman–Crippen LogP) is -5.91. The Kier molecular flexibility index (Phi) is 210.